The molecule has 8 heteroatoms. The van der Waals surface area contributed by atoms with Crippen molar-refractivity contribution in [1.29, 1.82) is 0 Å². The Hall–Kier alpha value is -3.26. The van der Waals surface area contributed by atoms with E-state index in [0.717, 1.165) is 17.1 Å². The van der Waals surface area contributed by atoms with Crippen molar-refractivity contribution < 1.29 is 9.18 Å². The molecule has 0 radical (unpaired) electrons. The lowest BCUT2D eigenvalue weighted by Crippen LogP contribution is -2.33. The fraction of sp³-hybridized carbons (Fsp3) is 0.227. The summed E-state index contributed by atoms with van der Waals surface area (Å²) in [5.41, 5.74) is 3.08. The summed E-state index contributed by atoms with van der Waals surface area (Å²) in [4.78, 5) is 22.3. The fourth-order valence-corrected chi connectivity index (χ4v) is 4.01. The Morgan fingerprint density at radius 2 is 2.00 bits per heavy atom. The molecule has 0 saturated carbocycles. The number of H-pyrrole nitrogens is 1. The number of aromatic nitrogens is 2. The molecule has 0 unspecified atom stereocenters. The van der Waals surface area contributed by atoms with Gasteiger partial charge in [-0.1, -0.05) is 18.2 Å². The van der Waals surface area contributed by atoms with Gasteiger partial charge in [-0.15, -0.1) is 0 Å². The molecule has 0 aliphatic carbocycles. The van der Waals surface area contributed by atoms with Gasteiger partial charge >= 0.3 is 0 Å². The van der Waals surface area contributed by atoms with Crippen molar-refractivity contribution in [2.75, 3.05) is 11.9 Å². The van der Waals surface area contributed by atoms with Gasteiger partial charge < -0.3 is 20.5 Å². The Balaban J connectivity index is 1.52. The van der Waals surface area contributed by atoms with Crippen LogP contribution in [0.1, 0.15) is 35.6 Å². The van der Waals surface area contributed by atoms with E-state index in [1.165, 1.54) is 12.1 Å². The number of rotatable bonds is 6. The van der Waals surface area contributed by atoms with Crippen molar-refractivity contribution in [1.82, 2.24) is 20.2 Å². The third-order valence-electron chi connectivity index (χ3n) is 5.10. The molecule has 3 N–H and O–H groups in total. The number of carbonyl (C=O) groups excluding carboxylic acids is 1. The van der Waals surface area contributed by atoms with Gasteiger partial charge in [0.05, 0.1) is 23.5 Å². The smallest absolute Gasteiger partial charge is 0.226 e. The summed E-state index contributed by atoms with van der Waals surface area (Å²) < 4.78 is 13.8. The van der Waals surface area contributed by atoms with Crippen LogP contribution in [0, 0.1) is 12.7 Å². The quantitative estimate of drug-likeness (QED) is 0.525. The average molecular weight is 424 g/mol. The van der Waals surface area contributed by atoms with Crippen molar-refractivity contribution >= 4 is 28.9 Å². The lowest BCUT2D eigenvalue weighted by molar-refractivity contribution is -0.116. The zero-order valence-electron chi connectivity index (χ0n) is 16.4. The SMILES string of the molecule is Cc1ccc([C@H]2[C@H](c3ccccn3)NC(=S)N2CCC(=O)Nc2ccccc2F)[nH]1. The fourth-order valence-electron chi connectivity index (χ4n) is 3.68. The van der Waals surface area contributed by atoms with Crippen LogP contribution < -0.4 is 10.6 Å². The highest BCUT2D eigenvalue weighted by molar-refractivity contribution is 7.80. The van der Waals surface area contributed by atoms with E-state index in [-0.39, 0.29) is 30.1 Å². The van der Waals surface area contributed by atoms with Crippen molar-refractivity contribution in [3.05, 3.63) is 83.7 Å². The molecule has 0 bridgehead atoms. The van der Waals surface area contributed by atoms with Crippen molar-refractivity contribution in [3.63, 3.8) is 0 Å². The number of amides is 1. The molecule has 30 heavy (non-hydrogen) atoms. The molecule has 1 fully saturated rings. The predicted octanol–water partition coefficient (Wildman–Crippen LogP) is 3.86. The van der Waals surface area contributed by atoms with Crippen LogP contribution in [0.4, 0.5) is 10.1 Å². The number of carbonyl (C=O) groups is 1. The summed E-state index contributed by atoms with van der Waals surface area (Å²) in [6.07, 6.45) is 1.92. The molecular formula is C22H22FN5OS. The Morgan fingerprint density at radius 1 is 1.20 bits per heavy atom. The van der Waals surface area contributed by atoms with E-state index in [2.05, 4.69) is 20.6 Å². The molecule has 3 aromatic rings. The molecule has 0 spiro atoms. The minimum absolute atomic E-state index is 0.137. The van der Waals surface area contributed by atoms with Crippen LogP contribution in [0.25, 0.3) is 0 Å². The minimum atomic E-state index is -0.459. The third kappa shape index (κ3) is 4.18. The van der Waals surface area contributed by atoms with Crippen LogP contribution in [0.2, 0.25) is 0 Å². The van der Waals surface area contributed by atoms with E-state index >= 15 is 0 Å². The van der Waals surface area contributed by atoms with E-state index in [1.807, 2.05) is 42.2 Å². The van der Waals surface area contributed by atoms with Crippen molar-refractivity contribution in [3.8, 4) is 0 Å². The Labute approximate surface area is 179 Å². The van der Waals surface area contributed by atoms with Gasteiger partial charge in [0.25, 0.3) is 0 Å². The highest BCUT2D eigenvalue weighted by Gasteiger charge is 2.40. The number of benzene rings is 1. The van der Waals surface area contributed by atoms with Crippen LogP contribution >= 0.6 is 12.2 Å². The molecule has 1 amide bonds. The standard InChI is InChI=1S/C22H22FN5OS/c1-14-9-10-18(25-14)21-20(17-8-4-5-12-24-17)27-22(30)28(21)13-11-19(29)26-16-7-3-2-6-15(16)23/h2-10,12,20-21,25H,11,13H2,1H3,(H,26,29)(H,27,30)/t20-,21-/m0/s1. The van der Waals surface area contributed by atoms with Crippen LogP contribution in [-0.4, -0.2) is 32.4 Å². The summed E-state index contributed by atoms with van der Waals surface area (Å²) in [5, 5.41) is 6.53. The van der Waals surface area contributed by atoms with Gasteiger partial charge in [0.1, 0.15) is 5.82 Å². The summed E-state index contributed by atoms with van der Waals surface area (Å²) in [6, 6.07) is 15.6. The van der Waals surface area contributed by atoms with E-state index in [1.54, 1.807) is 18.3 Å². The normalized spacial score (nSPS) is 18.3. The molecule has 2 aromatic heterocycles. The molecule has 6 nitrogen and oxygen atoms in total. The first-order chi connectivity index (χ1) is 14.5. The zero-order valence-corrected chi connectivity index (χ0v) is 17.2. The number of nitrogens with one attached hydrogen (secondary N) is 3. The van der Waals surface area contributed by atoms with E-state index < -0.39 is 5.82 Å². The van der Waals surface area contributed by atoms with Gasteiger partial charge in [-0.05, 0) is 55.5 Å². The Bertz CT molecular complexity index is 1050. The van der Waals surface area contributed by atoms with Crippen molar-refractivity contribution in [2.24, 2.45) is 0 Å². The second kappa shape index (κ2) is 8.62. The minimum Gasteiger partial charge on any atom is -0.361 e. The predicted molar refractivity (Wildman–Crippen MR) is 117 cm³/mol. The number of para-hydroxylation sites is 1. The first-order valence-electron chi connectivity index (χ1n) is 9.71. The summed E-state index contributed by atoms with van der Waals surface area (Å²) in [6.45, 7) is 2.38. The number of aromatic amines is 1. The van der Waals surface area contributed by atoms with Crippen LogP contribution in [0.5, 0.6) is 0 Å². The lowest BCUT2D eigenvalue weighted by Gasteiger charge is -2.26. The van der Waals surface area contributed by atoms with Gasteiger partial charge in [0.15, 0.2) is 5.11 Å². The molecule has 1 aromatic carbocycles. The molecule has 1 saturated heterocycles. The van der Waals surface area contributed by atoms with Crippen molar-refractivity contribution in [2.45, 2.75) is 25.4 Å². The second-order valence-corrected chi connectivity index (χ2v) is 7.58. The molecule has 1 aliphatic rings. The zero-order chi connectivity index (χ0) is 21.1. The number of hydrogen-bond acceptors (Lipinski definition) is 3. The number of hydrogen-bond donors (Lipinski definition) is 3. The van der Waals surface area contributed by atoms with Crippen LogP contribution in [0.3, 0.4) is 0 Å². The maximum Gasteiger partial charge on any atom is 0.226 e. The largest absolute Gasteiger partial charge is 0.361 e. The number of pyridine rings is 1. The second-order valence-electron chi connectivity index (χ2n) is 7.19. The summed E-state index contributed by atoms with van der Waals surface area (Å²) in [5.74, 6) is -0.732. The third-order valence-corrected chi connectivity index (χ3v) is 5.45. The first-order valence-corrected chi connectivity index (χ1v) is 10.1. The maximum absolute atomic E-state index is 13.8. The van der Waals surface area contributed by atoms with Gasteiger partial charge in [-0.2, -0.15) is 0 Å². The highest BCUT2D eigenvalue weighted by atomic mass is 32.1. The number of aryl methyl sites for hydroxylation is 1. The number of nitrogens with zero attached hydrogens (tertiary/aromatic N) is 2. The maximum atomic E-state index is 13.8. The Kier molecular flexibility index (Phi) is 5.76. The molecule has 1 aliphatic heterocycles. The molecule has 4 rings (SSSR count). The lowest BCUT2D eigenvalue weighted by atomic mass is 10.0. The molecule has 3 heterocycles. The van der Waals surface area contributed by atoms with E-state index in [4.69, 9.17) is 12.2 Å². The molecular weight excluding hydrogens is 401 g/mol. The number of anilines is 1. The summed E-state index contributed by atoms with van der Waals surface area (Å²) >= 11 is 5.59. The Morgan fingerprint density at radius 3 is 2.70 bits per heavy atom. The average Bonchev–Trinajstić information content (AvgIpc) is 3.31. The highest BCUT2D eigenvalue weighted by Crippen LogP contribution is 2.38. The van der Waals surface area contributed by atoms with Gasteiger partial charge in [0.2, 0.25) is 5.91 Å². The van der Waals surface area contributed by atoms with Crippen LogP contribution in [-0.2, 0) is 4.79 Å². The molecule has 154 valence electrons. The first kappa shape index (κ1) is 20.0. The van der Waals surface area contributed by atoms with Gasteiger partial charge in [0, 0.05) is 30.6 Å². The van der Waals surface area contributed by atoms with Gasteiger partial charge in [-0.3, -0.25) is 9.78 Å². The van der Waals surface area contributed by atoms with E-state index in [0.29, 0.717) is 11.7 Å². The monoisotopic (exact) mass is 423 g/mol. The topological polar surface area (TPSA) is 73.1 Å². The van der Waals surface area contributed by atoms with E-state index in [9.17, 15) is 9.18 Å². The van der Waals surface area contributed by atoms with Crippen LogP contribution in [0.15, 0.2) is 60.8 Å². The van der Waals surface area contributed by atoms with Gasteiger partial charge in [-0.25, -0.2) is 4.39 Å². The molecule has 2 atom stereocenters. The number of thiocarbonyl (C=S) groups is 1. The number of halogens is 1. The summed E-state index contributed by atoms with van der Waals surface area (Å²) in [7, 11) is 0.